The van der Waals surface area contributed by atoms with Crippen LogP contribution in [-0.2, 0) is 6.42 Å². The molecule has 1 rings (SSSR count). The van der Waals surface area contributed by atoms with Gasteiger partial charge >= 0.3 is 0 Å². The number of aliphatic hydroxyl groups is 1. The highest BCUT2D eigenvalue weighted by Crippen LogP contribution is 2.24. The SMILES string of the molecule is CCC(CC)(CO)CNCCc1ncn[nH]1. The number of hydrogen-bond donors (Lipinski definition) is 3. The molecule has 5 heteroatoms. The maximum atomic E-state index is 9.39. The molecule has 0 saturated carbocycles. The van der Waals surface area contributed by atoms with E-state index in [1.54, 1.807) is 0 Å². The molecule has 0 radical (unpaired) electrons. The molecule has 92 valence electrons. The zero-order chi connectivity index (χ0) is 11.9. The van der Waals surface area contributed by atoms with Gasteiger partial charge in [-0.3, -0.25) is 5.10 Å². The summed E-state index contributed by atoms with van der Waals surface area (Å²) in [5.74, 6) is 0.898. The topological polar surface area (TPSA) is 73.8 Å². The average Bonchev–Trinajstić information content (AvgIpc) is 2.83. The first-order chi connectivity index (χ1) is 7.76. The number of rotatable bonds is 8. The smallest absolute Gasteiger partial charge is 0.137 e. The maximum absolute atomic E-state index is 9.39. The van der Waals surface area contributed by atoms with Crippen molar-refractivity contribution in [2.75, 3.05) is 19.7 Å². The van der Waals surface area contributed by atoms with Crippen molar-refractivity contribution in [3.05, 3.63) is 12.2 Å². The molecule has 1 aromatic rings. The standard InChI is InChI=1S/C11H22N4O/c1-3-11(4-2,8-16)7-12-6-5-10-13-9-14-15-10/h9,12,16H,3-8H2,1-2H3,(H,13,14,15). The number of nitrogens with zero attached hydrogens (tertiary/aromatic N) is 2. The summed E-state index contributed by atoms with van der Waals surface area (Å²) in [5, 5.41) is 19.4. The lowest BCUT2D eigenvalue weighted by Gasteiger charge is -2.29. The van der Waals surface area contributed by atoms with Gasteiger partial charge in [-0.1, -0.05) is 13.8 Å². The molecule has 0 aliphatic heterocycles. The van der Waals surface area contributed by atoms with Crippen molar-refractivity contribution in [3.63, 3.8) is 0 Å². The lowest BCUT2D eigenvalue weighted by atomic mass is 9.83. The highest BCUT2D eigenvalue weighted by atomic mass is 16.3. The molecule has 3 N–H and O–H groups in total. The van der Waals surface area contributed by atoms with Crippen molar-refractivity contribution in [3.8, 4) is 0 Å². The Labute approximate surface area is 96.7 Å². The Hall–Kier alpha value is -0.940. The van der Waals surface area contributed by atoms with Gasteiger partial charge in [0, 0.05) is 31.5 Å². The molecule has 16 heavy (non-hydrogen) atoms. The van der Waals surface area contributed by atoms with Gasteiger partial charge in [0.05, 0.1) is 0 Å². The third kappa shape index (κ3) is 3.57. The lowest BCUT2D eigenvalue weighted by Crippen LogP contribution is -2.37. The highest BCUT2D eigenvalue weighted by Gasteiger charge is 2.24. The molecule has 0 bridgehead atoms. The molecule has 0 spiro atoms. The molecule has 0 unspecified atom stereocenters. The van der Waals surface area contributed by atoms with Crippen LogP contribution in [0.3, 0.4) is 0 Å². The predicted molar refractivity (Wildman–Crippen MR) is 63.1 cm³/mol. The van der Waals surface area contributed by atoms with Crippen LogP contribution in [0, 0.1) is 5.41 Å². The van der Waals surface area contributed by atoms with Crippen molar-refractivity contribution in [2.24, 2.45) is 5.41 Å². The van der Waals surface area contributed by atoms with Crippen LogP contribution < -0.4 is 5.32 Å². The molecule has 0 aromatic carbocycles. The Balaban J connectivity index is 2.23. The molecule has 0 atom stereocenters. The van der Waals surface area contributed by atoms with Gasteiger partial charge in [-0.25, -0.2) is 4.98 Å². The van der Waals surface area contributed by atoms with Crippen LogP contribution in [0.5, 0.6) is 0 Å². The Morgan fingerprint density at radius 3 is 2.69 bits per heavy atom. The summed E-state index contributed by atoms with van der Waals surface area (Å²) in [7, 11) is 0. The van der Waals surface area contributed by atoms with Crippen molar-refractivity contribution in [2.45, 2.75) is 33.1 Å². The Bertz CT molecular complexity index is 261. The second-order valence-corrected chi connectivity index (χ2v) is 4.22. The van der Waals surface area contributed by atoms with Crippen molar-refractivity contribution in [1.82, 2.24) is 20.5 Å². The van der Waals surface area contributed by atoms with E-state index >= 15 is 0 Å². The number of hydrogen-bond acceptors (Lipinski definition) is 4. The molecule has 0 saturated heterocycles. The van der Waals surface area contributed by atoms with E-state index in [9.17, 15) is 5.11 Å². The minimum absolute atomic E-state index is 0.0292. The molecule has 0 fully saturated rings. The summed E-state index contributed by atoms with van der Waals surface area (Å²) < 4.78 is 0. The first-order valence-electron chi connectivity index (χ1n) is 5.92. The highest BCUT2D eigenvalue weighted by molar-refractivity contribution is 4.82. The second kappa shape index (κ2) is 6.60. The van der Waals surface area contributed by atoms with Crippen LogP contribution in [-0.4, -0.2) is 40.0 Å². The van der Waals surface area contributed by atoms with Gasteiger partial charge in [0.15, 0.2) is 0 Å². The largest absolute Gasteiger partial charge is 0.396 e. The van der Waals surface area contributed by atoms with Crippen LogP contribution >= 0.6 is 0 Å². The van der Waals surface area contributed by atoms with Crippen LogP contribution in [0.25, 0.3) is 0 Å². The zero-order valence-corrected chi connectivity index (χ0v) is 10.2. The molecule has 5 nitrogen and oxygen atoms in total. The fourth-order valence-corrected chi connectivity index (χ4v) is 1.69. The Morgan fingerprint density at radius 1 is 1.44 bits per heavy atom. The Morgan fingerprint density at radius 2 is 2.19 bits per heavy atom. The molecule has 1 aromatic heterocycles. The van der Waals surface area contributed by atoms with E-state index in [1.807, 2.05) is 0 Å². The van der Waals surface area contributed by atoms with Crippen LogP contribution in [0.15, 0.2) is 6.33 Å². The number of nitrogens with one attached hydrogen (secondary N) is 2. The van der Waals surface area contributed by atoms with Gasteiger partial charge in [0.25, 0.3) is 0 Å². The van der Waals surface area contributed by atoms with Gasteiger partial charge in [0.1, 0.15) is 12.2 Å². The van der Waals surface area contributed by atoms with E-state index < -0.39 is 0 Å². The van der Waals surface area contributed by atoms with Crippen LogP contribution in [0.1, 0.15) is 32.5 Å². The molecule has 0 amide bonds. The fourth-order valence-electron chi connectivity index (χ4n) is 1.69. The fraction of sp³-hybridized carbons (Fsp3) is 0.818. The normalized spacial score (nSPS) is 11.9. The Kier molecular flexibility index (Phi) is 5.42. The molecule has 0 aliphatic rings. The van der Waals surface area contributed by atoms with Gasteiger partial charge in [-0.05, 0) is 12.8 Å². The summed E-state index contributed by atoms with van der Waals surface area (Å²) in [6.45, 7) is 6.20. The maximum Gasteiger partial charge on any atom is 0.137 e. The van der Waals surface area contributed by atoms with Gasteiger partial charge in [-0.2, -0.15) is 5.10 Å². The number of aromatic amines is 1. The average molecular weight is 226 g/mol. The minimum Gasteiger partial charge on any atom is -0.396 e. The van der Waals surface area contributed by atoms with Gasteiger partial charge < -0.3 is 10.4 Å². The van der Waals surface area contributed by atoms with E-state index in [0.717, 1.165) is 38.2 Å². The van der Waals surface area contributed by atoms with E-state index in [-0.39, 0.29) is 12.0 Å². The van der Waals surface area contributed by atoms with Gasteiger partial charge in [0.2, 0.25) is 0 Å². The van der Waals surface area contributed by atoms with Crippen molar-refractivity contribution >= 4 is 0 Å². The molecule has 0 aliphatic carbocycles. The number of aromatic nitrogens is 3. The summed E-state index contributed by atoms with van der Waals surface area (Å²) in [5.41, 5.74) is 0.0292. The first-order valence-corrected chi connectivity index (χ1v) is 5.92. The third-order valence-electron chi connectivity index (χ3n) is 3.34. The summed E-state index contributed by atoms with van der Waals surface area (Å²) in [6.07, 6.45) is 4.35. The quantitative estimate of drug-likeness (QED) is 0.571. The first kappa shape index (κ1) is 13.1. The third-order valence-corrected chi connectivity index (χ3v) is 3.34. The zero-order valence-electron chi connectivity index (χ0n) is 10.2. The molecular formula is C11H22N4O. The van der Waals surface area contributed by atoms with E-state index in [2.05, 4.69) is 34.3 Å². The molecular weight excluding hydrogens is 204 g/mol. The lowest BCUT2D eigenvalue weighted by molar-refractivity contribution is 0.113. The summed E-state index contributed by atoms with van der Waals surface area (Å²) >= 11 is 0. The second-order valence-electron chi connectivity index (χ2n) is 4.22. The molecule has 1 heterocycles. The monoisotopic (exact) mass is 226 g/mol. The van der Waals surface area contributed by atoms with Gasteiger partial charge in [-0.15, -0.1) is 0 Å². The van der Waals surface area contributed by atoms with Crippen LogP contribution in [0.2, 0.25) is 0 Å². The van der Waals surface area contributed by atoms with E-state index in [4.69, 9.17) is 0 Å². The number of aliphatic hydroxyl groups excluding tert-OH is 1. The summed E-state index contributed by atoms with van der Waals surface area (Å²) in [4.78, 5) is 4.05. The predicted octanol–water partition coefficient (Wildman–Crippen LogP) is 0.735. The minimum atomic E-state index is 0.0292. The van der Waals surface area contributed by atoms with Crippen molar-refractivity contribution in [1.29, 1.82) is 0 Å². The summed E-state index contributed by atoms with van der Waals surface area (Å²) in [6, 6.07) is 0. The number of H-pyrrole nitrogens is 1. The van der Waals surface area contributed by atoms with E-state index in [1.165, 1.54) is 6.33 Å². The van der Waals surface area contributed by atoms with Crippen LogP contribution in [0.4, 0.5) is 0 Å². The van der Waals surface area contributed by atoms with E-state index in [0.29, 0.717) is 0 Å². The van der Waals surface area contributed by atoms with Crippen molar-refractivity contribution < 1.29 is 5.11 Å².